The minimum Gasteiger partial charge on any atom is -0.351 e. The van der Waals surface area contributed by atoms with E-state index < -0.39 is 9.84 Å². The molecule has 3 heterocycles. The fourth-order valence-electron chi connectivity index (χ4n) is 4.97. The molecule has 2 aromatic heterocycles. The number of rotatable bonds is 4. The van der Waals surface area contributed by atoms with Gasteiger partial charge >= 0.3 is 0 Å². The number of fused-ring (bicyclic) bond motifs is 2. The molecule has 0 unspecified atom stereocenters. The maximum absolute atomic E-state index is 12.9. The van der Waals surface area contributed by atoms with Crippen LogP contribution in [-0.2, 0) is 23.9 Å². The number of para-hydroxylation sites is 1. The molecule has 0 saturated heterocycles. The predicted octanol–water partition coefficient (Wildman–Crippen LogP) is 5.50. The van der Waals surface area contributed by atoms with Gasteiger partial charge in [-0.3, -0.25) is 9.67 Å². The second-order valence-corrected chi connectivity index (χ2v) is 11.1. The van der Waals surface area contributed by atoms with Crippen LogP contribution in [0.25, 0.3) is 33.3 Å². The van der Waals surface area contributed by atoms with Crippen LogP contribution in [0.1, 0.15) is 0 Å². The third-order valence-electron chi connectivity index (χ3n) is 6.74. The SMILES string of the molecule is Cn1nccc1-c1ccc(S(C)(=O)=O)c(N2CC=Nc3cccc(-c4ccc5ccn(C)c5c4)c32)c1. The third kappa shape index (κ3) is 3.61. The van der Waals surface area contributed by atoms with E-state index in [0.29, 0.717) is 12.2 Å². The van der Waals surface area contributed by atoms with E-state index in [1.807, 2.05) is 56.8 Å². The number of nitrogens with zero attached hydrogens (tertiary/aromatic N) is 5. The number of aryl methyl sites for hydroxylation is 2. The zero-order chi connectivity index (χ0) is 25.0. The Bertz CT molecular complexity index is 1780. The first kappa shape index (κ1) is 22.3. The largest absolute Gasteiger partial charge is 0.351 e. The molecular formula is C28H25N5O2S. The number of aromatic nitrogens is 3. The van der Waals surface area contributed by atoms with Gasteiger partial charge in [-0.2, -0.15) is 5.10 Å². The van der Waals surface area contributed by atoms with Gasteiger partial charge in [0.05, 0.1) is 34.2 Å². The summed E-state index contributed by atoms with van der Waals surface area (Å²) in [6.07, 6.45) is 6.87. The van der Waals surface area contributed by atoms with Gasteiger partial charge in [-0.25, -0.2) is 8.42 Å². The highest BCUT2D eigenvalue weighted by Crippen LogP contribution is 2.46. The van der Waals surface area contributed by atoms with Crippen LogP contribution in [0.15, 0.2) is 89.0 Å². The van der Waals surface area contributed by atoms with Crippen molar-refractivity contribution in [2.45, 2.75) is 4.90 Å². The van der Waals surface area contributed by atoms with Gasteiger partial charge in [0.25, 0.3) is 0 Å². The number of sulfone groups is 1. The Morgan fingerprint density at radius 2 is 1.75 bits per heavy atom. The maximum atomic E-state index is 12.9. The third-order valence-corrected chi connectivity index (χ3v) is 7.89. The Kier molecular flexibility index (Phi) is 5.08. The molecule has 0 aliphatic carbocycles. The summed E-state index contributed by atoms with van der Waals surface area (Å²) in [4.78, 5) is 7.01. The summed E-state index contributed by atoms with van der Waals surface area (Å²) in [5.41, 5.74) is 7.29. The van der Waals surface area contributed by atoms with Crippen molar-refractivity contribution in [1.29, 1.82) is 0 Å². The van der Waals surface area contributed by atoms with E-state index in [1.165, 1.54) is 11.6 Å². The van der Waals surface area contributed by atoms with Crippen molar-refractivity contribution in [2.24, 2.45) is 19.1 Å². The Balaban J connectivity index is 1.59. The molecule has 1 aliphatic rings. The van der Waals surface area contributed by atoms with Crippen molar-refractivity contribution in [3.05, 3.63) is 79.1 Å². The summed E-state index contributed by atoms with van der Waals surface area (Å²) in [6.45, 7) is 0.452. The van der Waals surface area contributed by atoms with E-state index in [0.717, 1.165) is 39.3 Å². The van der Waals surface area contributed by atoms with Crippen LogP contribution in [-0.4, -0.2) is 41.8 Å². The van der Waals surface area contributed by atoms with Gasteiger partial charge in [0.15, 0.2) is 9.84 Å². The summed E-state index contributed by atoms with van der Waals surface area (Å²) in [5, 5.41) is 5.46. The van der Waals surface area contributed by atoms with E-state index in [9.17, 15) is 8.42 Å². The summed E-state index contributed by atoms with van der Waals surface area (Å²) >= 11 is 0. The first-order chi connectivity index (χ1) is 17.3. The fraction of sp³-hybridized carbons (Fsp3) is 0.143. The molecule has 0 bridgehead atoms. The second-order valence-electron chi connectivity index (χ2n) is 9.09. The molecule has 0 N–H and O–H groups in total. The molecular weight excluding hydrogens is 470 g/mol. The average molecular weight is 496 g/mol. The lowest BCUT2D eigenvalue weighted by Gasteiger charge is -2.31. The van der Waals surface area contributed by atoms with Crippen LogP contribution in [0.5, 0.6) is 0 Å². The fourth-order valence-corrected chi connectivity index (χ4v) is 5.84. The molecule has 8 heteroatoms. The summed E-state index contributed by atoms with van der Waals surface area (Å²) in [7, 11) is 0.411. The van der Waals surface area contributed by atoms with Crippen LogP contribution in [0.3, 0.4) is 0 Å². The van der Waals surface area contributed by atoms with Gasteiger partial charge in [0, 0.05) is 55.6 Å². The molecule has 6 rings (SSSR count). The van der Waals surface area contributed by atoms with Gasteiger partial charge in [0.1, 0.15) is 0 Å². The van der Waals surface area contributed by atoms with Gasteiger partial charge in [-0.1, -0.05) is 30.3 Å². The topological polar surface area (TPSA) is 72.5 Å². The molecule has 0 spiro atoms. The highest BCUT2D eigenvalue weighted by Gasteiger charge is 2.26. The van der Waals surface area contributed by atoms with E-state index >= 15 is 0 Å². The molecule has 1 aliphatic heterocycles. The van der Waals surface area contributed by atoms with E-state index in [4.69, 9.17) is 0 Å². The number of aliphatic imine (C=N–C) groups is 1. The predicted molar refractivity (Wildman–Crippen MR) is 145 cm³/mol. The van der Waals surface area contributed by atoms with Crippen molar-refractivity contribution < 1.29 is 8.42 Å². The van der Waals surface area contributed by atoms with Crippen LogP contribution < -0.4 is 4.90 Å². The van der Waals surface area contributed by atoms with Crippen LogP contribution in [0.2, 0.25) is 0 Å². The van der Waals surface area contributed by atoms with Crippen LogP contribution in [0.4, 0.5) is 17.1 Å². The first-order valence-corrected chi connectivity index (χ1v) is 13.5. The second kappa shape index (κ2) is 8.20. The molecule has 180 valence electrons. The Morgan fingerprint density at radius 3 is 2.53 bits per heavy atom. The molecule has 7 nitrogen and oxygen atoms in total. The van der Waals surface area contributed by atoms with Crippen molar-refractivity contribution >= 4 is 44.0 Å². The van der Waals surface area contributed by atoms with Gasteiger partial charge in [-0.15, -0.1) is 0 Å². The molecule has 36 heavy (non-hydrogen) atoms. The van der Waals surface area contributed by atoms with Crippen molar-refractivity contribution in [1.82, 2.24) is 14.3 Å². The lowest BCUT2D eigenvalue weighted by atomic mass is 9.99. The standard InChI is InChI=1S/C28H25N5O2S/c1-31-15-12-19-7-8-20(17-25(19)31)22-5-4-6-23-28(22)33(16-14-29-23)26-18-21(24-11-13-30-32(24)2)9-10-27(26)36(3,34)35/h4-15,17-18H,16H2,1-3H3. The highest BCUT2D eigenvalue weighted by atomic mass is 32.2. The zero-order valence-corrected chi connectivity index (χ0v) is 21.1. The van der Waals surface area contributed by atoms with Gasteiger partial charge < -0.3 is 9.47 Å². The molecule has 3 aromatic carbocycles. The van der Waals surface area contributed by atoms with E-state index in [1.54, 1.807) is 16.9 Å². The van der Waals surface area contributed by atoms with Gasteiger partial charge in [0.2, 0.25) is 0 Å². The number of hydrogen-bond donors (Lipinski definition) is 0. The van der Waals surface area contributed by atoms with E-state index in [2.05, 4.69) is 49.9 Å². The smallest absolute Gasteiger partial charge is 0.177 e. The zero-order valence-electron chi connectivity index (χ0n) is 20.3. The quantitative estimate of drug-likeness (QED) is 0.330. The lowest BCUT2D eigenvalue weighted by molar-refractivity contribution is 0.602. The minimum atomic E-state index is -3.50. The minimum absolute atomic E-state index is 0.280. The number of benzene rings is 3. The van der Waals surface area contributed by atoms with Crippen molar-refractivity contribution in [2.75, 3.05) is 17.7 Å². The number of hydrogen-bond acceptors (Lipinski definition) is 5. The Morgan fingerprint density at radius 1 is 0.917 bits per heavy atom. The first-order valence-electron chi connectivity index (χ1n) is 11.6. The monoisotopic (exact) mass is 495 g/mol. The molecule has 0 radical (unpaired) electrons. The normalized spacial score (nSPS) is 13.4. The van der Waals surface area contributed by atoms with Crippen LogP contribution in [0, 0.1) is 0 Å². The highest BCUT2D eigenvalue weighted by molar-refractivity contribution is 7.90. The molecule has 0 fully saturated rings. The molecule has 0 amide bonds. The average Bonchev–Trinajstić information content (AvgIpc) is 3.47. The maximum Gasteiger partial charge on any atom is 0.177 e. The molecule has 0 atom stereocenters. The van der Waals surface area contributed by atoms with Crippen molar-refractivity contribution in [3.8, 4) is 22.4 Å². The molecule has 0 saturated carbocycles. The number of anilines is 2. The summed E-state index contributed by atoms with van der Waals surface area (Å²) < 4.78 is 29.7. The van der Waals surface area contributed by atoms with Gasteiger partial charge in [-0.05, 0) is 47.3 Å². The van der Waals surface area contributed by atoms with Crippen LogP contribution >= 0.6 is 0 Å². The lowest BCUT2D eigenvalue weighted by Crippen LogP contribution is -2.24. The Hall–Kier alpha value is -4.17. The van der Waals surface area contributed by atoms with E-state index in [-0.39, 0.29) is 4.90 Å². The molecule has 5 aromatic rings. The Labute approximate surface area is 209 Å². The van der Waals surface area contributed by atoms with Crippen molar-refractivity contribution in [3.63, 3.8) is 0 Å². The summed E-state index contributed by atoms with van der Waals surface area (Å²) in [6, 6.07) is 21.9. The summed E-state index contributed by atoms with van der Waals surface area (Å²) in [5.74, 6) is 0.